The molecule has 0 saturated carbocycles. The molecule has 5 nitrogen and oxygen atoms in total. The molecule has 2 aromatic rings. The van der Waals surface area contributed by atoms with Gasteiger partial charge in [-0.3, -0.25) is 9.59 Å². The van der Waals surface area contributed by atoms with E-state index in [-0.39, 0.29) is 0 Å². The number of carbonyl (C=O) groups excluding carboxylic acids is 2. The van der Waals surface area contributed by atoms with Crippen LogP contribution in [0.4, 0.5) is 5.69 Å². The van der Waals surface area contributed by atoms with Gasteiger partial charge in [0, 0.05) is 11.3 Å². The molecule has 1 amide bonds. The van der Waals surface area contributed by atoms with Crippen LogP contribution in [0.25, 0.3) is 0 Å². The van der Waals surface area contributed by atoms with Crippen LogP contribution in [-0.2, 0) is 14.6 Å². The summed E-state index contributed by atoms with van der Waals surface area (Å²) in [6, 6.07) is 12.1. The minimum absolute atomic E-state index is 0.339. The van der Waals surface area contributed by atoms with Gasteiger partial charge < -0.3 is 5.32 Å². The summed E-state index contributed by atoms with van der Waals surface area (Å²) in [6.45, 7) is 5.64. The molecule has 0 aromatic heterocycles. The number of carbonyl (C=O) groups is 2. The fraction of sp³-hybridized carbons (Fsp3) is 0.263. The highest BCUT2D eigenvalue weighted by atomic mass is 32.2. The zero-order valence-electron chi connectivity index (χ0n) is 14.5. The summed E-state index contributed by atoms with van der Waals surface area (Å²) in [5.41, 5.74) is 3.76. The number of rotatable bonds is 6. The van der Waals surface area contributed by atoms with Crippen molar-refractivity contribution < 1.29 is 18.0 Å². The highest BCUT2D eigenvalue weighted by molar-refractivity contribution is 7.92. The summed E-state index contributed by atoms with van der Waals surface area (Å²) in [5.74, 6) is -2.57. The zero-order chi connectivity index (χ0) is 18.6. The lowest BCUT2D eigenvalue weighted by Crippen LogP contribution is -2.27. The van der Waals surface area contributed by atoms with Gasteiger partial charge in [-0.2, -0.15) is 0 Å². The quantitative estimate of drug-likeness (QED) is 0.804. The third-order valence-electron chi connectivity index (χ3n) is 3.83. The predicted molar refractivity (Wildman–Crippen MR) is 98.7 cm³/mol. The van der Waals surface area contributed by atoms with Crippen LogP contribution in [0.1, 0.15) is 27.0 Å². The number of sulfone groups is 1. The minimum atomic E-state index is -3.84. The van der Waals surface area contributed by atoms with Crippen LogP contribution in [0, 0.1) is 20.8 Å². The molecule has 0 unspecified atom stereocenters. The molecule has 0 fully saturated rings. The van der Waals surface area contributed by atoms with E-state index in [9.17, 15) is 18.0 Å². The van der Waals surface area contributed by atoms with Gasteiger partial charge >= 0.3 is 0 Å². The van der Waals surface area contributed by atoms with Gasteiger partial charge in [0.15, 0.2) is 15.6 Å². The van der Waals surface area contributed by atoms with E-state index in [1.165, 1.54) is 0 Å². The van der Waals surface area contributed by atoms with Crippen molar-refractivity contribution in [1.29, 1.82) is 0 Å². The van der Waals surface area contributed by atoms with Gasteiger partial charge in [0.25, 0.3) is 0 Å². The Hall–Kier alpha value is -2.47. The molecular formula is C19H21NO4S. The second kappa shape index (κ2) is 7.61. The number of hydrogen-bond donors (Lipinski definition) is 1. The van der Waals surface area contributed by atoms with Crippen LogP contribution in [0.2, 0.25) is 0 Å². The van der Waals surface area contributed by atoms with Gasteiger partial charge in [0.05, 0.1) is 0 Å². The van der Waals surface area contributed by atoms with Gasteiger partial charge in [-0.1, -0.05) is 24.3 Å². The van der Waals surface area contributed by atoms with Crippen LogP contribution in [0.3, 0.4) is 0 Å². The van der Waals surface area contributed by atoms with E-state index in [1.54, 1.807) is 36.4 Å². The van der Waals surface area contributed by atoms with E-state index < -0.39 is 33.0 Å². The molecular weight excluding hydrogens is 338 g/mol. The molecule has 2 rings (SSSR count). The Morgan fingerprint density at radius 2 is 1.64 bits per heavy atom. The molecule has 0 spiro atoms. The first-order valence-corrected chi connectivity index (χ1v) is 9.66. The van der Waals surface area contributed by atoms with Crippen molar-refractivity contribution in [3.05, 3.63) is 64.7 Å². The molecule has 1 N–H and O–H groups in total. The first-order valence-electron chi connectivity index (χ1n) is 7.84. The second-order valence-corrected chi connectivity index (χ2v) is 8.24. The normalized spacial score (nSPS) is 11.2. The maximum absolute atomic E-state index is 12.2. The first-order chi connectivity index (χ1) is 11.7. The van der Waals surface area contributed by atoms with Gasteiger partial charge in [0.2, 0.25) is 5.91 Å². The summed E-state index contributed by atoms with van der Waals surface area (Å²) >= 11 is 0. The van der Waals surface area contributed by atoms with Crippen molar-refractivity contribution in [3.8, 4) is 0 Å². The first kappa shape index (κ1) is 18.9. The Bertz CT molecular complexity index is 917. The number of Topliss-reactive ketones (excluding diaryl/α,β-unsaturated/α-hetero) is 1. The molecule has 25 heavy (non-hydrogen) atoms. The van der Waals surface area contributed by atoms with Crippen molar-refractivity contribution in [2.45, 2.75) is 20.8 Å². The summed E-state index contributed by atoms with van der Waals surface area (Å²) in [4.78, 5) is 24.2. The summed E-state index contributed by atoms with van der Waals surface area (Å²) in [7, 11) is -3.84. The maximum Gasteiger partial charge on any atom is 0.239 e. The van der Waals surface area contributed by atoms with E-state index in [4.69, 9.17) is 0 Å². The molecule has 0 aliphatic heterocycles. The number of hydrogen-bond acceptors (Lipinski definition) is 4. The Kier molecular flexibility index (Phi) is 5.74. The fourth-order valence-electron chi connectivity index (χ4n) is 2.37. The summed E-state index contributed by atoms with van der Waals surface area (Å²) in [6.07, 6.45) is 0. The van der Waals surface area contributed by atoms with Gasteiger partial charge in [-0.25, -0.2) is 8.42 Å². The molecule has 2 aromatic carbocycles. The number of benzene rings is 2. The highest BCUT2D eigenvalue weighted by Gasteiger charge is 2.22. The SMILES string of the molecule is Cc1cccc(NC(=O)CS(=O)(=O)CC(=O)c2ccc(C)c(C)c2)c1. The molecule has 6 heteroatoms. The number of anilines is 1. The summed E-state index contributed by atoms with van der Waals surface area (Å²) in [5, 5.41) is 2.54. The standard InChI is InChI=1S/C19H21NO4S/c1-13-5-4-6-17(9-13)20-19(22)12-25(23,24)11-18(21)16-8-7-14(2)15(3)10-16/h4-10H,11-12H2,1-3H3,(H,20,22). The van der Waals surface area contributed by atoms with Crippen molar-refractivity contribution >= 4 is 27.2 Å². The topological polar surface area (TPSA) is 80.3 Å². The maximum atomic E-state index is 12.2. The van der Waals surface area contributed by atoms with Crippen molar-refractivity contribution in [2.24, 2.45) is 0 Å². The fourth-order valence-corrected chi connectivity index (χ4v) is 3.51. The van der Waals surface area contributed by atoms with Crippen molar-refractivity contribution in [1.82, 2.24) is 0 Å². The predicted octanol–water partition coefficient (Wildman–Crippen LogP) is 2.85. The molecule has 0 heterocycles. The van der Waals surface area contributed by atoms with Crippen LogP contribution >= 0.6 is 0 Å². The Balaban J connectivity index is 2.02. The van der Waals surface area contributed by atoms with Gasteiger partial charge in [-0.15, -0.1) is 0 Å². The van der Waals surface area contributed by atoms with E-state index in [0.29, 0.717) is 11.3 Å². The molecule has 0 radical (unpaired) electrons. The van der Waals surface area contributed by atoms with Crippen LogP contribution in [0.5, 0.6) is 0 Å². The lowest BCUT2D eigenvalue weighted by molar-refractivity contribution is -0.113. The van der Waals surface area contributed by atoms with E-state index >= 15 is 0 Å². The molecule has 0 aliphatic carbocycles. The molecule has 0 atom stereocenters. The molecule has 0 bridgehead atoms. The Labute approximate surface area is 148 Å². The summed E-state index contributed by atoms with van der Waals surface area (Å²) < 4.78 is 24.3. The second-order valence-electron chi connectivity index (χ2n) is 6.17. The third kappa shape index (κ3) is 5.53. The largest absolute Gasteiger partial charge is 0.325 e. The minimum Gasteiger partial charge on any atom is -0.325 e. The Morgan fingerprint density at radius 1 is 0.920 bits per heavy atom. The molecule has 0 aliphatic rings. The lowest BCUT2D eigenvalue weighted by Gasteiger charge is -2.08. The van der Waals surface area contributed by atoms with Gasteiger partial charge in [0.1, 0.15) is 11.5 Å². The van der Waals surface area contributed by atoms with E-state index in [1.807, 2.05) is 26.8 Å². The highest BCUT2D eigenvalue weighted by Crippen LogP contribution is 2.12. The Morgan fingerprint density at radius 3 is 2.28 bits per heavy atom. The van der Waals surface area contributed by atoms with E-state index in [2.05, 4.69) is 5.32 Å². The molecule has 0 saturated heterocycles. The number of amides is 1. The van der Waals surface area contributed by atoms with Crippen molar-refractivity contribution in [3.63, 3.8) is 0 Å². The van der Waals surface area contributed by atoms with Crippen LogP contribution in [0.15, 0.2) is 42.5 Å². The number of aryl methyl sites for hydroxylation is 3. The average Bonchev–Trinajstić information content (AvgIpc) is 2.48. The number of ketones is 1. The average molecular weight is 359 g/mol. The van der Waals surface area contributed by atoms with Crippen LogP contribution < -0.4 is 5.32 Å². The van der Waals surface area contributed by atoms with Crippen molar-refractivity contribution in [2.75, 3.05) is 16.8 Å². The van der Waals surface area contributed by atoms with Crippen LogP contribution in [-0.4, -0.2) is 31.6 Å². The molecule has 132 valence electrons. The zero-order valence-corrected chi connectivity index (χ0v) is 15.3. The smallest absolute Gasteiger partial charge is 0.239 e. The van der Waals surface area contributed by atoms with Gasteiger partial charge in [-0.05, 0) is 55.7 Å². The number of nitrogens with one attached hydrogen (secondary N) is 1. The monoisotopic (exact) mass is 359 g/mol. The van der Waals surface area contributed by atoms with E-state index in [0.717, 1.165) is 16.7 Å². The third-order valence-corrected chi connectivity index (χ3v) is 5.24. The lowest BCUT2D eigenvalue weighted by atomic mass is 10.0.